The number of hydrogen-bond acceptors (Lipinski definition) is 2. The van der Waals surface area contributed by atoms with Crippen LogP contribution in [-0.2, 0) is 10.2 Å². The fourth-order valence-corrected chi connectivity index (χ4v) is 3.20. The molecule has 1 aromatic rings. The second-order valence-electron chi connectivity index (χ2n) is 6.97. The zero-order chi connectivity index (χ0) is 14.6. The monoisotopic (exact) mass is 275 g/mol. The second-order valence-corrected chi connectivity index (χ2v) is 6.97. The van der Waals surface area contributed by atoms with Crippen molar-refractivity contribution in [3.05, 3.63) is 35.4 Å². The zero-order valence-corrected chi connectivity index (χ0v) is 13.4. The predicted molar refractivity (Wildman–Crippen MR) is 85.1 cm³/mol. The van der Waals surface area contributed by atoms with Gasteiger partial charge in [0.05, 0.1) is 0 Å². The summed E-state index contributed by atoms with van der Waals surface area (Å²) in [5.74, 6) is 0.786. The summed E-state index contributed by atoms with van der Waals surface area (Å²) >= 11 is 0. The average Bonchev–Trinajstić information content (AvgIpc) is 2.45. The first-order chi connectivity index (χ1) is 9.52. The Hall–Kier alpha value is -0.860. The maximum absolute atomic E-state index is 5.48. The smallest absolute Gasteiger partial charge is 0.0468 e. The summed E-state index contributed by atoms with van der Waals surface area (Å²) in [4.78, 5) is 0. The summed E-state index contributed by atoms with van der Waals surface area (Å²) < 4.78 is 5.48. The van der Waals surface area contributed by atoms with E-state index in [4.69, 9.17) is 4.74 Å². The Morgan fingerprint density at radius 2 is 1.85 bits per heavy atom. The molecule has 0 saturated carbocycles. The summed E-state index contributed by atoms with van der Waals surface area (Å²) in [6, 6.07) is 9.35. The molecule has 0 aromatic heterocycles. The van der Waals surface area contributed by atoms with E-state index < -0.39 is 0 Å². The van der Waals surface area contributed by atoms with Crippen LogP contribution in [0.1, 0.15) is 57.2 Å². The molecule has 20 heavy (non-hydrogen) atoms. The first-order valence-corrected chi connectivity index (χ1v) is 7.87. The molecule has 1 fully saturated rings. The van der Waals surface area contributed by atoms with E-state index in [0.717, 1.165) is 19.1 Å². The molecule has 1 unspecified atom stereocenters. The van der Waals surface area contributed by atoms with Crippen molar-refractivity contribution in [1.29, 1.82) is 0 Å². The van der Waals surface area contributed by atoms with Crippen molar-refractivity contribution in [1.82, 2.24) is 5.32 Å². The summed E-state index contributed by atoms with van der Waals surface area (Å²) in [5.41, 5.74) is 3.13. The van der Waals surface area contributed by atoms with Gasteiger partial charge in [0.1, 0.15) is 0 Å². The normalized spacial score (nSPS) is 19.0. The van der Waals surface area contributed by atoms with Gasteiger partial charge in [-0.2, -0.15) is 0 Å². The van der Waals surface area contributed by atoms with Gasteiger partial charge in [-0.3, -0.25) is 0 Å². The Kier molecular flexibility index (Phi) is 5.22. The quantitative estimate of drug-likeness (QED) is 0.894. The molecule has 0 amide bonds. The van der Waals surface area contributed by atoms with Crippen LogP contribution in [0.2, 0.25) is 0 Å². The highest BCUT2D eigenvalue weighted by molar-refractivity contribution is 5.35. The van der Waals surface area contributed by atoms with E-state index in [9.17, 15) is 0 Å². The Labute approximate surface area is 123 Å². The van der Waals surface area contributed by atoms with E-state index in [1.54, 1.807) is 0 Å². The van der Waals surface area contributed by atoms with Gasteiger partial charge < -0.3 is 10.1 Å². The number of nitrogens with one attached hydrogen (secondary N) is 1. The summed E-state index contributed by atoms with van der Waals surface area (Å²) in [7, 11) is 2.09. The standard InChI is InChI=1S/C18H29NO/c1-18(2,3)16-8-6-5-7-15(16)17(19-4)13-14-9-11-20-12-10-14/h5-8,14,17,19H,9-13H2,1-4H3. The Morgan fingerprint density at radius 1 is 1.20 bits per heavy atom. The molecule has 1 aromatic carbocycles. The molecule has 0 spiro atoms. The van der Waals surface area contributed by atoms with Gasteiger partial charge in [0.25, 0.3) is 0 Å². The molecule has 112 valence electrons. The third-order valence-corrected chi connectivity index (χ3v) is 4.40. The lowest BCUT2D eigenvalue weighted by Crippen LogP contribution is -2.26. The van der Waals surface area contributed by atoms with E-state index in [2.05, 4.69) is 57.4 Å². The molecule has 0 bridgehead atoms. The first-order valence-electron chi connectivity index (χ1n) is 7.87. The maximum Gasteiger partial charge on any atom is 0.0468 e. The molecule has 2 nitrogen and oxygen atoms in total. The van der Waals surface area contributed by atoms with Crippen molar-refractivity contribution in [3.8, 4) is 0 Å². The fraction of sp³-hybridized carbons (Fsp3) is 0.667. The van der Waals surface area contributed by atoms with Crippen LogP contribution in [-0.4, -0.2) is 20.3 Å². The van der Waals surface area contributed by atoms with Gasteiger partial charge in [0, 0.05) is 19.3 Å². The highest BCUT2D eigenvalue weighted by Crippen LogP contribution is 2.34. The highest BCUT2D eigenvalue weighted by Gasteiger charge is 2.24. The van der Waals surface area contributed by atoms with Gasteiger partial charge in [-0.15, -0.1) is 0 Å². The van der Waals surface area contributed by atoms with Gasteiger partial charge in [0.2, 0.25) is 0 Å². The van der Waals surface area contributed by atoms with Crippen LogP contribution >= 0.6 is 0 Å². The molecule has 1 saturated heterocycles. The highest BCUT2D eigenvalue weighted by atomic mass is 16.5. The van der Waals surface area contributed by atoms with Crippen molar-refractivity contribution in [2.45, 2.75) is 51.5 Å². The lowest BCUT2D eigenvalue weighted by molar-refractivity contribution is 0.0607. The largest absolute Gasteiger partial charge is 0.381 e. The number of rotatable bonds is 4. The zero-order valence-electron chi connectivity index (χ0n) is 13.4. The van der Waals surface area contributed by atoms with Crippen LogP contribution in [0.15, 0.2) is 24.3 Å². The SMILES string of the molecule is CNC(CC1CCOCC1)c1ccccc1C(C)(C)C. The van der Waals surface area contributed by atoms with Gasteiger partial charge in [-0.25, -0.2) is 0 Å². The van der Waals surface area contributed by atoms with Crippen molar-refractivity contribution in [3.63, 3.8) is 0 Å². The van der Waals surface area contributed by atoms with E-state index in [0.29, 0.717) is 6.04 Å². The second kappa shape index (κ2) is 6.73. The van der Waals surface area contributed by atoms with Crippen LogP contribution in [0.3, 0.4) is 0 Å². The minimum Gasteiger partial charge on any atom is -0.381 e. The average molecular weight is 275 g/mol. The molecular formula is C18H29NO. The van der Waals surface area contributed by atoms with Crippen molar-refractivity contribution < 1.29 is 4.74 Å². The molecule has 1 N–H and O–H groups in total. The van der Waals surface area contributed by atoms with Crippen LogP contribution in [0.5, 0.6) is 0 Å². The first kappa shape index (κ1) is 15.5. The van der Waals surface area contributed by atoms with Gasteiger partial charge in [0.15, 0.2) is 0 Å². The Bertz CT molecular complexity index is 416. The molecule has 2 rings (SSSR count). The maximum atomic E-state index is 5.48. The molecule has 1 aliphatic rings. The van der Waals surface area contributed by atoms with Crippen LogP contribution in [0, 0.1) is 5.92 Å². The minimum absolute atomic E-state index is 0.196. The Balaban J connectivity index is 2.18. The summed E-state index contributed by atoms with van der Waals surface area (Å²) in [6.45, 7) is 8.76. The van der Waals surface area contributed by atoms with Crippen LogP contribution in [0.25, 0.3) is 0 Å². The molecule has 1 aliphatic heterocycles. The van der Waals surface area contributed by atoms with E-state index in [1.165, 1.54) is 30.4 Å². The van der Waals surface area contributed by atoms with Gasteiger partial charge in [-0.05, 0) is 48.8 Å². The molecule has 2 heteroatoms. The van der Waals surface area contributed by atoms with E-state index >= 15 is 0 Å². The van der Waals surface area contributed by atoms with Crippen molar-refractivity contribution in [2.75, 3.05) is 20.3 Å². The van der Waals surface area contributed by atoms with Crippen molar-refractivity contribution in [2.24, 2.45) is 5.92 Å². The fourth-order valence-electron chi connectivity index (χ4n) is 3.20. The third-order valence-electron chi connectivity index (χ3n) is 4.40. The van der Waals surface area contributed by atoms with E-state index in [1.807, 2.05) is 0 Å². The Morgan fingerprint density at radius 3 is 2.45 bits per heavy atom. The molecular weight excluding hydrogens is 246 g/mol. The molecule has 0 radical (unpaired) electrons. The molecule has 1 heterocycles. The van der Waals surface area contributed by atoms with Crippen LogP contribution in [0.4, 0.5) is 0 Å². The lowest BCUT2D eigenvalue weighted by atomic mass is 9.79. The summed E-state index contributed by atoms with van der Waals surface area (Å²) in [6.07, 6.45) is 3.62. The number of hydrogen-bond donors (Lipinski definition) is 1. The lowest BCUT2D eigenvalue weighted by Gasteiger charge is -2.31. The number of benzene rings is 1. The predicted octanol–water partition coefficient (Wildman–Crippen LogP) is 4.06. The van der Waals surface area contributed by atoms with Crippen molar-refractivity contribution >= 4 is 0 Å². The minimum atomic E-state index is 0.196. The third kappa shape index (κ3) is 3.83. The molecule has 1 atom stereocenters. The van der Waals surface area contributed by atoms with E-state index in [-0.39, 0.29) is 5.41 Å². The number of ether oxygens (including phenoxy) is 1. The molecule has 0 aliphatic carbocycles. The van der Waals surface area contributed by atoms with Gasteiger partial charge in [-0.1, -0.05) is 45.0 Å². The topological polar surface area (TPSA) is 21.3 Å². The summed E-state index contributed by atoms with van der Waals surface area (Å²) in [5, 5.41) is 3.54. The van der Waals surface area contributed by atoms with Gasteiger partial charge >= 0.3 is 0 Å². The van der Waals surface area contributed by atoms with Crippen LogP contribution < -0.4 is 5.32 Å².